The van der Waals surface area contributed by atoms with Gasteiger partial charge < -0.3 is 15.0 Å². The summed E-state index contributed by atoms with van der Waals surface area (Å²) >= 11 is 0. The van der Waals surface area contributed by atoms with E-state index in [-0.39, 0.29) is 11.9 Å². The molecular formula is C21H23N3O3. The van der Waals surface area contributed by atoms with Crippen LogP contribution in [0.2, 0.25) is 0 Å². The lowest BCUT2D eigenvalue weighted by Gasteiger charge is -2.07. The highest BCUT2D eigenvalue weighted by Crippen LogP contribution is 2.13. The number of carbonyl (C=O) groups is 2. The molecule has 2 aromatic carbocycles. The van der Waals surface area contributed by atoms with E-state index in [1.807, 2.05) is 31.2 Å². The standard InChI is InChI=1S/C21H23N3O3/c1-2-3-14-27-21(26)15-8-10-16(11-9-15)22-20(25)13-12-19-23-17-6-4-5-7-18(17)24-19/h4-11H,2-3,12-14H2,1H3,(H,22,25)(H,23,24). The van der Waals surface area contributed by atoms with Crippen molar-refractivity contribution in [3.63, 3.8) is 0 Å². The van der Waals surface area contributed by atoms with Crippen LogP contribution in [0.15, 0.2) is 48.5 Å². The van der Waals surface area contributed by atoms with Gasteiger partial charge in [0.2, 0.25) is 5.91 Å². The van der Waals surface area contributed by atoms with Crippen LogP contribution in [0, 0.1) is 0 Å². The van der Waals surface area contributed by atoms with Crippen LogP contribution in [0.25, 0.3) is 11.0 Å². The highest BCUT2D eigenvalue weighted by molar-refractivity contribution is 5.93. The van der Waals surface area contributed by atoms with Crippen molar-refractivity contribution in [1.82, 2.24) is 9.97 Å². The summed E-state index contributed by atoms with van der Waals surface area (Å²) in [5, 5.41) is 2.83. The third-order valence-corrected chi connectivity index (χ3v) is 4.16. The predicted molar refractivity (Wildman–Crippen MR) is 105 cm³/mol. The Bertz CT molecular complexity index is 883. The molecule has 0 aliphatic rings. The number of benzene rings is 2. The maximum absolute atomic E-state index is 12.1. The van der Waals surface area contributed by atoms with Crippen LogP contribution in [0.5, 0.6) is 0 Å². The zero-order valence-electron chi connectivity index (χ0n) is 15.3. The summed E-state index contributed by atoms with van der Waals surface area (Å²) in [6, 6.07) is 14.5. The number of aryl methyl sites for hydroxylation is 1. The van der Waals surface area contributed by atoms with E-state index in [9.17, 15) is 9.59 Å². The van der Waals surface area contributed by atoms with Gasteiger partial charge in [-0.05, 0) is 42.8 Å². The fraction of sp³-hybridized carbons (Fsp3) is 0.286. The summed E-state index contributed by atoms with van der Waals surface area (Å²) in [7, 11) is 0. The third kappa shape index (κ3) is 5.17. The molecule has 1 heterocycles. The number of anilines is 1. The Labute approximate surface area is 158 Å². The minimum atomic E-state index is -0.341. The quantitative estimate of drug-likeness (QED) is 0.465. The van der Waals surface area contributed by atoms with Crippen molar-refractivity contribution in [3.8, 4) is 0 Å². The Morgan fingerprint density at radius 2 is 1.89 bits per heavy atom. The third-order valence-electron chi connectivity index (χ3n) is 4.16. The van der Waals surface area contributed by atoms with E-state index in [4.69, 9.17) is 4.74 Å². The molecule has 3 aromatic rings. The number of hydrogen-bond donors (Lipinski definition) is 2. The monoisotopic (exact) mass is 365 g/mol. The molecule has 6 heteroatoms. The minimum Gasteiger partial charge on any atom is -0.462 e. The molecule has 0 radical (unpaired) electrons. The number of unbranched alkanes of at least 4 members (excludes halogenated alkanes) is 1. The molecular weight excluding hydrogens is 342 g/mol. The second-order valence-electron chi connectivity index (χ2n) is 6.32. The average Bonchev–Trinajstić information content (AvgIpc) is 3.10. The van der Waals surface area contributed by atoms with E-state index in [1.54, 1.807) is 24.3 Å². The number of rotatable bonds is 8. The molecule has 0 saturated carbocycles. The number of imidazole rings is 1. The molecule has 1 aromatic heterocycles. The molecule has 0 unspecified atom stereocenters. The maximum atomic E-state index is 12.1. The van der Waals surface area contributed by atoms with Crippen molar-refractivity contribution < 1.29 is 14.3 Å². The van der Waals surface area contributed by atoms with Gasteiger partial charge in [-0.2, -0.15) is 0 Å². The Kier molecular flexibility index (Phi) is 6.20. The van der Waals surface area contributed by atoms with Gasteiger partial charge in [0.1, 0.15) is 5.82 Å². The first kappa shape index (κ1) is 18.6. The molecule has 0 aliphatic carbocycles. The highest BCUT2D eigenvalue weighted by Gasteiger charge is 2.09. The van der Waals surface area contributed by atoms with Crippen LogP contribution in [-0.2, 0) is 16.0 Å². The first-order valence-electron chi connectivity index (χ1n) is 9.16. The molecule has 0 spiro atoms. The maximum Gasteiger partial charge on any atom is 0.338 e. The van der Waals surface area contributed by atoms with Gasteiger partial charge in [-0.15, -0.1) is 0 Å². The zero-order valence-corrected chi connectivity index (χ0v) is 15.3. The number of esters is 1. The zero-order chi connectivity index (χ0) is 19.1. The molecule has 27 heavy (non-hydrogen) atoms. The lowest BCUT2D eigenvalue weighted by atomic mass is 10.2. The summed E-state index contributed by atoms with van der Waals surface area (Å²) in [5.74, 6) is 0.344. The van der Waals surface area contributed by atoms with Crippen LogP contribution < -0.4 is 5.32 Å². The first-order valence-corrected chi connectivity index (χ1v) is 9.16. The van der Waals surface area contributed by atoms with E-state index >= 15 is 0 Å². The number of H-pyrrole nitrogens is 1. The van der Waals surface area contributed by atoms with Crippen LogP contribution in [0.4, 0.5) is 5.69 Å². The summed E-state index contributed by atoms with van der Waals surface area (Å²) in [6.45, 7) is 2.47. The van der Waals surface area contributed by atoms with Crippen molar-refractivity contribution in [2.75, 3.05) is 11.9 Å². The highest BCUT2D eigenvalue weighted by atomic mass is 16.5. The summed E-state index contributed by atoms with van der Waals surface area (Å²) in [4.78, 5) is 31.7. The number of aromatic nitrogens is 2. The molecule has 0 atom stereocenters. The Hall–Kier alpha value is -3.15. The molecule has 0 aliphatic heterocycles. The Balaban J connectivity index is 1.49. The number of nitrogens with one attached hydrogen (secondary N) is 2. The smallest absolute Gasteiger partial charge is 0.338 e. The molecule has 0 fully saturated rings. The molecule has 140 valence electrons. The van der Waals surface area contributed by atoms with Gasteiger partial charge in [0.05, 0.1) is 23.2 Å². The number of hydrogen-bond acceptors (Lipinski definition) is 4. The van der Waals surface area contributed by atoms with E-state index in [0.29, 0.717) is 30.7 Å². The second-order valence-corrected chi connectivity index (χ2v) is 6.32. The summed E-state index contributed by atoms with van der Waals surface area (Å²) < 4.78 is 5.17. The van der Waals surface area contributed by atoms with Crippen LogP contribution >= 0.6 is 0 Å². The molecule has 6 nitrogen and oxygen atoms in total. The van der Waals surface area contributed by atoms with E-state index in [0.717, 1.165) is 29.7 Å². The van der Waals surface area contributed by atoms with E-state index in [1.165, 1.54) is 0 Å². The number of aromatic amines is 1. The van der Waals surface area contributed by atoms with Gasteiger partial charge >= 0.3 is 5.97 Å². The Morgan fingerprint density at radius 3 is 2.63 bits per heavy atom. The fourth-order valence-corrected chi connectivity index (χ4v) is 2.66. The minimum absolute atomic E-state index is 0.103. The van der Waals surface area contributed by atoms with Crippen LogP contribution in [0.1, 0.15) is 42.4 Å². The predicted octanol–water partition coefficient (Wildman–Crippen LogP) is 4.09. The normalized spacial score (nSPS) is 10.7. The number of amides is 1. The molecule has 0 bridgehead atoms. The average molecular weight is 365 g/mol. The van der Waals surface area contributed by atoms with E-state index in [2.05, 4.69) is 15.3 Å². The second kappa shape index (κ2) is 8.98. The number of nitrogens with zero attached hydrogens (tertiary/aromatic N) is 1. The fourth-order valence-electron chi connectivity index (χ4n) is 2.66. The van der Waals surface area contributed by atoms with Crippen LogP contribution in [0.3, 0.4) is 0 Å². The van der Waals surface area contributed by atoms with Gasteiger partial charge in [-0.25, -0.2) is 9.78 Å². The SMILES string of the molecule is CCCCOC(=O)c1ccc(NC(=O)CCc2nc3ccccc3[nH]2)cc1. The number of ether oxygens (including phenoxy) is 1. The topological polar surface area (TPSA) is 84.1 Å². The van der Waals surface area contributed by atoms with Gasteiger partial charge in [0, 0.05) is 18.5 Å². The molecule has 1 amide bonds. The van der Waals surface area contributed by atoms with Gasteiger partial charge in [0.15, 0.2) is 0 Å². The van der Waals surface area contributed by atoms with Gasteiger partial charge in [-0.1, -0.05) is 25.5 Å². The van der Waals surface area contributed by atoms with Crippen LogP contribution in [-0.4, -0.2) is 28.5 Å². The number of carbonyl (C=O) groups excluding carboxylic acids is 2. The first-order chi connectivity index (χ1) is 13.2. The van der Waals surface area contributed by atoms with Gasteiger partial charge in [0.25, 0.3) is 0 Å². The van der Waals surface area contributed by atoms with Crippen molar-refractivity contribution in [2.45, 2.75) is 32.6 Å². The lowest BCUT2D eigenvalue weighted by Crippen LogP contribution is -2.13. The molecule has 3 rings (SSSR count). The van der Waals surface area contributed by atoms with Gasteiger partial charge in [-0.3, -0.25) is 4.79 Å². The van der Waals surface area contributed by atoms with Crippen molar-refractivity contribution >= 4 is 28.6 Å². The molecule has 0 saturated heterocycles. The lowest BCUT2D eigenvalue weighted by molar-refractivity contribution is -0.116. The number of para-hydroxylation sites is 2. The number of fused-ring (bicyclic) bond motifs is 1. The summed E-state index contributed by atoms with van der Waals surface area (Å²) in [5.41, 5.74) is 2.99. The largest absolute Gasteiger partial charge is 0.462 e. The van der Waals surface area contributed by atoms with Crippen molar-refractivity contribution in [1.29, 1.82) is 0 Å². The summed E-state index contributed by atoms with van der Waals surface area (Å²) in [6.07, 6.45) is 2.68. The molecule has 2 N–H and O–H groups in total. The van der Waals surface area contributed by atoms with Crippen molar-refractivity contribution in [2.24, 2.45) is 0 Å². The van der Waals surface area contributed by atoms with E-state index < -0.39 is 0 Å². The Morgan fingerprint density at radius 1 is 1.11 bits per heavy atom. The van der Waals surface area contributed by atoms with Crippen molar-refractivity contribution in [3.05, 3.63) is 59.9 Å².